The van der Waals surface area contributed by atoms with Crippen LogP contribution >= 0.6 is 23.2 Å². The van der Waals surface area contributed by atoms with Crippen LogP contribution in [0.25, 0.3) is 0 Å². The van der Waals surface area contributed by atoms with Gasteiger partial charge in [-0.05, 0) is 47.4 Å². The van der Waals surface area contributed by atoms with E-state index in [2.05, 4.69) is 9.97 Å². The Morgan fingerprint density at radius 3 is 2.36 bits per heavy atom. The van der Waals surface area contributed by atoms with E-state index in [0.717, 1.165) is 22.3 Å². The fourth-order valence-electron chi connectivity index (χ4n) is 2.75. The molecule has 144 valence electrons. The average Bonchev–Trinajstić information content (AvgIpc) is 2.66. The maximum absolute atomic E-state index is 11.1. The summed E-state index contributed by atoms with van der Waals surface area (Å²) in [4.78, 5) is 19.1. The number of aromatic nitrogens is 2. The van der Waals surface area contributed by atoms with E-state index >= 15 is 0 Å². The second-order valence-electron chi connectivity index (χ2n) is 6.42. The summed E-state index contributed by atoms with van der Waals surface area (Å²) in [6.45, 7) is 1.41. The number of rotatable bonds is 7. The lowest BCUT2D eigenvalue weighted by molar-refractivity contribution is -0.118. The Kier molecular flexibility index (Phi) is 6.49. The Morgan fingerprint density at radius 1 is 1.04 bits per heavy atom. The van der Waals surface area contributed by atoms with Crippen LogP contribution in [-0.4, -0.2) is 27.5 Å². The zero-order valence-corrected chi connectivity index (χ0v) is 16.7. The van der Waals surface area contributed by atoms with Crippen LogP contribution in [0.4, 0.5) is 0 Å². The third-order valence-corrected chi connectivity index (χ3v) is 4.76. The van der Waals surface area contributed by atoms with Gasteiger partial charge in [0.1, 0.15) is 24.4 Å². The van der Waals surface area contributed by atoms with Crippen molar-refractivity contribution in [3.05, 3.63) is 81.4 Å². The number of halogens is 2. The number of Topliss-reactive ketones (excluding diaryl/α,β-unsaturated/α-hetero) is 1. The first-order valence-corrected chi connectivity index (χ1v) is 9.33. The highest BCUT2D eigenvalue weighted by molar-refractivity contribution is 6.36. The molecule has 2 aromatic carbocycles. The van der Waals surface area contributed by atoms with E-state index in [1.54, 1.807) is 30.6 Å². The van der Waals surface area contributed by atoms with Crippen molar-refractivity contribution in [1.82, 2.24) is 9.97 Å². The lowest BCUT2D eigenvalue weighted by Gasteiger charge is -2.12. The summed E-state index contributed by atoms with van der Waals surface area (Å²) < 4.78 is 5.37. The highest BCUT2D eigenvalue weighted by Gasteiger charge is 2.12. The summed E-state index contributed by atoms with van der Waals surface area (Å²) in [5.41, 5.74) is 3.36. The maximum atomic E-state index is 11.1. The van der Waals surface area contributed by atoms with Crippen molar-refractivity contribution in [3.8, 4) is 11.5 Å². The first-order chi connectivity index (χ1) is 13.4. The molecule has 0 fully saturated rings. The Hall–Kier alpha value is -2.63. The molecule has 0 saturated carbocycles. The largest absolute Gasteiger partial charge is 0.508 e. The summed E-state index contributed by atoms with van der Waals surface area (Å²) in [6.07, 6.45) is 5.90. The van der Waals surface area contributed by atoms with Crippen molar-refractivity contribution in [3.63, 3.8) is 0 Å². The second kappa shape index (κ2) is 9.04. The van der Waals surface area contributed by atoms with Crippen LogP contribution in [0.15, 0.2) is 49.1 Å². The smallest absolute Gasteiger partial charge is 0.167 e. The highest BCUT2D eigenvalue weighted by Crippen LogP contribution is 2.33. The van der Waals surface area contributed by atoms with Crippen molar-refractivity contribution < 1.29 is 14.6 Å². The summed E-state index contributed by atoms with van der Waals surface area (Å²) in [6, 6.07) is 8.69. The van der Waals surface area contributed by atoms with Crippen LogP contribution < -0.4 is 4.74 Å². The Labute approximate surface area is 172 Å². The minimum absolute atomic E-state index is 0.0312. The van der Waals surface area contributed by atoms with Gasteiger partial charge >= 0.3 is 0 Å². The third-order valence-electron chi connectivity index (χ3n) is 4.09. The van der Waals surface area contributed by atoms with Gasteiger partial charge in [-0.3, -0.25) is 4.79 Å². The summed E-state index contributed by atoms with van der Waals surface area (Å²) >= 11 is 12.8. The van der Waals surface area contributed by atoms with E-state index in [9.17, 15) is 9.90 Å². The molecule has 0 spiro atoms. The number of ether oxygens (including phenoxy) is 1. The van der Waals surface area contributed by atoms with E-state index in [-0.39, 0.29) is 18.1 Å². The number of hydrogen-bond acceptors (Lipinski definition) is 5. The lowest BCUT2D eigenvalue weighted by Crippen LogP contribution is -2.06. The average molecular weight is 417 g/mol. The van der Waals surface area contributed by atoms with Crippen LogP contribution in [-0.2, 0) is 17.6 Å². The zero-order valence-electron chi connectivity index (χ0n) is 15.2. The number of aromatic hydroxyl groups is 1. The molecule has 0 saturated heterocycles. The molecule has 28 heavy (non-hydrogen) atoms. The van der Waals surface area contributed by atoms with Gasteiger partial charge in [-0.25, -0.2) is 9.97 Å². The predicted octanol–water partition coefficient (Wildman–Crippen LogP) is 4.64. The standard InChI is InChI=1S/C21H18Cl2N2O3/c1-13(26)11-28-17-7-19(22)18(20(23)8-17)6-14-2-3-21(27)16(4-14)5-15-9-24-12-25-10-15/h2-4,7-10,12,27H,5-6,11H2,1H3. The zero-order chi connectivity index (χ0) is 20.1. The third kappa shape index (κ3) is 5.21. The fourth-order valence-corrected chi connectivity index (χ4v) is 3.35. The quantitative estimate of drug-likeness (QED) is 0.607. The number of phenols is 1. The van der Waals surface area contributed by atoms with Crippen molar-refractivity contribution in [1.29, 1.82) is 0 Å². The van der Waals surface area contributed by atoms with Gasteiger partial charge < -0.3 is 9.84 Å². The predicted molar refractivity (Wildman–Crippen MR) is 108 cm³/mol. The molecule has 3 aromatic rings. The SMILES string of the molecule is CC(=O)COc1cc(Cl)c(Cc2ccc(O)c(Cc3cncnc3)c2)c(Cl)c1. The van der Waals surface area contributed by atoms with Crippen LogP contribution in [0, 0.1) is 0 Å². The van der Waals surface area contributed by atoms with Crippen LogP contribution in [0.1, 0.15) is 29.2 Å². The number of carbonyl (C=O) groups is 1. The monoisotopic (exact) mass is 416 g/mol. The molecule has 0 aliphatic heterocycles. The van der Waals surface area contributed by atoms with Crippen LogP contribution in [0.5, 0.6) is 11.5 Å². The van der Waals surface area contributed by atoms with Crippen LogP contribution in [0.3, 0.4) is 0 Å². The van der Waals surface area contributed by atoms with Gasteiger partial charge in [0, 0.05) is 35.3 Å². The Morgan fingerprint density at radius 2 is 1.71 bits per heavy atom. The topological polar surface area (TPSA) is 72.3 Å². The molecule has 1 N–H and O–H groups in total. The van der Waals surface area contributed by atoms with Gasteiger partial charge in [0.2, 0.25) is 0 Å². The van der Waals surface area contributed by atoms with Crippen LogP contribution in [0.2, 0.25) is 10.0 Å². The molecule has 1 heterocycles. The van der Waals surface area contributed by atoms with E-state index in [4.69, 9.17) is 27.9 Å². The first kappa shape index (κ1) is 20.1. The minimum Gasteiger partial charge on any atom is -0.508 e. The molecule has 3 rings (SSSR count). The number of phenolic OH excluding ortho intramolecular Hbond substituents is 1. The second-order valence-corrected chi connectivity index (χ2v) is 7.23. The lowest BCUT2D eigenvalue weighted by atomic mass is 9.99. The molecule has 0 radical (unpaired) electrons. The van der Waals surface area contributed by atoms with E-state index in [1.165, 1.54) is 13.3 Å². The minimum atomic E-state index is -0.0863. The van der Waals surface area contributed by atoms with Crippen molar-refractivity contribution in [2.24, 2.45) is 0 Å². The normalized spacial score (nSPS) is 10.7. The molecule has 1 aromatic heterocycles. The number of carbonyl (C=O) groups excluding carboxylic acids is 1. The van der Waals surface area contributed by atoms with Gasteiger partial charge in [0.25, 0.3) is 0 Å². The fraction of sp³-hybridized carbons (Fsp3) is 0.190. The molecule has 0 aliphatic rings. The molecule has 0 amide bonds. The van der Waals surface area contributed by atoms with E-state index in [1.807, 2.05) is 12.1 Å². The van der Waals surface area contributed by atoms with Crippen molar-refractivity contribution in [2.75, 3.05) is 6.61 Å². The van der Waals surface area contributed by atoms with Gasteiger partial charge in [-0.15, -0.1) is 0 Å². The Bertz CT molecular complexity index is 971. The van der Waals surface area contributed by atoms with Gasteiger partial charge in [-0.1, -0.05) is 35.3 Å². The van der Waals surface area contributed by atoms with Gasteiger partial charge in [0.15, 0.2) is 5.78 Å². The van der Waals surface area contributed by atoms with E-state index in [0.29, 0.717) is 28.6 Å². The first-order valence-electron chi connectivity index (χ1n) is 8.57. The molecule has 5 nitrogen and oxygen atoms in total. The molecule has 0 aliphatic carbocycles. The highest BCUT2D eigenvalue weighted by atomic mass is 35.5. The molecule has 0 unspecified atom stereocenters. The number of ketones is 1. The molecule has 7 heteroatoms. The molecule has 0 atom stereocenters. The van der Waals surface area contributed by atoms with Gasteiger partial charge in [-0.2, -0.15) is 0 Å². The van der Waals surface area contributed by atoms with E-state index < -0.39 is 0 Å². The van der Waals surface area contributed by atoms with Gasteiger partial charge in [0.05, 0.1) is 0 Å². The van der Waals surface area contributed by atoms with Crippen molar-refractivity contribution >= 4 is 29.0 Å². The molecular weight excluding hydrogens is 399 g/mol. The number of benzene rings is 2. The molecular formula is C21H18Cl2N2O3. The molecule has 0 bridgehead atoms. The van der Waals surface area contributed by atoms with Crippen molar-refractivity contribution in [2.45, 2.75) is 19.8 Å². The Balaban J connectivity index is 1.81. The summed E-state index contributed by atoms with van der Waals surface area (Å²) in [5.74, 6) is 0.568. The maximum Gasteiger partial charge on any atom is 0.167 e. The summed E-state index contributed by atoms with van der Waals surface area (Å²) in [7, 11) is 0. The summed E-state index contributed by atoms with van der Waals surface area (Å²) in [5, 5.41) is 11.1. The number of nitrogens with zero attached hydrogens (tertiary/aromatic N) is 2. The number of hydrogen-bond donors (Lipinski definition) is 1.